The SMILES string of the molecule is CCOC(=O)N1CCC(Nc2ccc(Cl)cc2-n2c(N)c3c(cc2=O)C(=O)NC3=O)CC1. The van der Waals surface area contributed by atoms with Gasteiger partial charge in [-0.25, -0.2) is 4.79 Å². The van der Waals surface area contributed by atoms with Crippen molar-refractivity contribution in [2.24, 2.45) is 0 Å². The predicted molar refractivity (Wildman–Crippen MR) is 118 cm³/mol. The normalized spacial score (nSPS) is 16.0. The molecule has 0 bridgehead atoms. The van der Waals surface area contributed by atoms with E-state index in [4.69, 9.17) is 22.1 Å². The van der Waals surface area contributed by atoms with Crippen molar-refractivity contribution >= 4 is 41.0 Å². The molecular formula is C21H22ClN5O5. The van der Waals surface area contributed by atoms with Crippen LogP contribution in [0.2, 0.25) is 5.02 Å². The first kappa shape index (κ1) is 21.7. The Kier molecular flexibility index (Phi) is 5.79. The van der Waals surface area contributed by atoms with E-state index in [0.29, 0.717) is 48.9 Å². The average molecular weight is 460 g/mol. The van der Waals surface area contributed by atoms with Gasteiger partial charge in [-0.3, -0.25) is 24.3 Å². The van der Waals surface area contributed by atoms with Crippen molar-refractivity contribution in [2.75, 3.05) is 30.7 Å². The molecule has 1 fully saturated rings. The Morgan fingerprint density at radius 3 is 2.62 bits per heavy atom. The van der Waals surface area contributed by atoms with Crippen molar-refractivity contribution in [1.29, 1.82) is 0 Å². The maximum Gasteiger partial charge on any atom is 0.409 e. The number of nitrogens with zero attached hydrogens (tertiary/aromatic N) is 2. The largest absolute Gasteiger partial charge is 0.450 e. The number of anilines is 2. The number of hydrogen-bond acceptors (Lipinski definition) is 7. The lowest BCUT2D eigenvalue weighted by Gasteiger charge is -2.32. The number of halogens is 1. The summed E-state index contributed by atoms with van der Waals surface area (Å²) in [5.74, 6) is -1.45. The van der Waals surface area contributed by atoms with E-state index in [-0.39, 0.29) is 29.1 Å². The summed E-state index contributed by atoms with van der Waals surface area (Å²) >= 11 is 6.19. The molecule has 2 aromatic rings. The minimum absolute atomic E-state index is 0.0248. The molecule has 0 spiro atoms. The van der Waals surface area contributed by atoms with Crippen molar-refractivity contribution in [2.45, 2.75) is 25.8 Å². The predicted octanol–water partition coefficient (Wildman–Crippen LogP) is 1.99. The lowest BCUT2D eigenvalue weighted by atomic mass is 10.0. The van der Waals surface area contributed by atoms with Gasteiger partial charge < -0.3 is 20.7 Å². The molecule has 1 aromatic heterocycles. The number of fused-ring (bicyclic) bond motifs is 1. The lowest BCUT2D eigenvalue weighted by molar-refractivity contribution is 0.0878. The van der Waals surface area contributed by atoms with Gasteiger partial charge in [0.1, 0.15) is 5.82 Å². The van der Waals surface area contributed by atoms with Crippen LogP contribution in [0.5, 0.6) is 0 Å². The molecule has 168 valence electrons. The van der Waals surface area contributed by atoms with E-state index < -0.39 is 17.4 Å². The van der Waals surface area contributed by atoms with Gasteiger partial charge in [-0.05, 0) is 38.0 Å². The minimum Gasteiger partial charge on any atom is -0.450 e. The number of aromatic nitrogens is 1. The molecule has 2 aliphatic rings. The van der Waals surface area contributed by atoms with Crippen molar-refractivity contribution < 1.29 is 19.1 Å². The van der Waals surface area contributed by atoms with Crippen LogP contribution in [0.3, 0.4) is 0 Å². The number of likely N-dealkylation sites (tertiary alicyclic amines) is 1. The highest BCUT2D eigenvalue weighted by Crippen LogP contribution is 2.30. The van der Waals surface area contributed by atoms with Gasteiger partial charge in [-0.2, -0.15) is 0 Å². The van der Waals surface area contributed by atoms with Crippen molar-refractivity contribution in [1.82, 2.24) is 14.8 Å². The van der Waals surface area contributed by atoms with Gasteiger partial charge in [0.15, 0.2) is 0 Å². The Hall–Kier alpha value is -3.53. The van der Waals surface area contributed by atoms with Crippen LogP contribution in [0.4, 0.5) is 16.3 Å². The van der Waals surface area contributed by atoms with Crippen LogP contribution in [0, 0.1) is 0 Å². The van der Waals surface area contributed by atoms with E-state index in [1.54, 1.807) is 30.0 Å². The number of hydrogen-bond donors (Lipinski definition) is 3. The molecule has 10 nitrogen and oxygen atoms in total. The molecule has 3 heterocycles. The van der Waals surface area contributed by atoms with Crippen LogP contribution in [0.15, 0.2) is 29.1 Å². The fourth-order valence-electron chi connectivity index (χ4n) is 3.98. The maximum atomic E-state index is 12.9. The lowest BCUT2D eigenvalue weighted by Crippen LogP contribution is -2.42. The number of nitrogens with two attached hydrogens (primary N) is 1. The van der Waals surface area contributed by atoms with E-state index in [9.17, 15) is 19.2 Å². The molecule has 0 atom stereocenters. The molecule has 4 N–H and O–H groups in total. The number of nitrogen functional groups attached to an aromatic ring is 1. The number of carbonyl (C=O) groups is 3. The maximum absolute atomic E-state index is 12.9. The third-order valence-corrected chi connectivity index (χ3v) is 5.77. The number of piperidine rings is 1. The number of rotatable bonds is 4. The number of pyridine rings is 1. The molecule has 0 unspecified atom stereocenters. The quantitative estimate of drug-likeness (QED) is 0.595. The van der Waals surface area contributed by atoms with Crippen LogP contribution in [-0.4, -0.2) is 53.1 Å². The molecule has 0 saturated carbocycles. The fraction of sp³-hybridized carbons (Fsp3) is 0.333. The van der Waals surface area contributed by atoms with E-state index in [1.807, 2.05) is 0 Å². The van der Waals surface area contributed by atoms with Crippen LogP contribution < -0.4 is 21.9 Å². The van der Waals surface area contributed by atoms with Gasteiger partial charge in [-0.1, -0.05) is 11.6 Å². The second-order valence-corrected chi connectivity index (χ2v) is 7.98. The highest BCUT2D eigenvalue weighted by molar-refractivity contribution is 6.31. The first-order valence-electron chi connectivity index (χ1n) is 10.2. The zero-order valence-electron chi connectivity index (χ0n) is 17.3. The third kappa shape index (κ3) is 3.89. The first-order chi connectivity index (χ1) is 15.3. The zero-order chi connectivity index (χ0) is 23.0. The van der Waals surface area contributed by atoms with E-state index in [2.05, 4.69) is 10.6 Å². The summed E-state index contributed by atoms with van der Waals surface area (Å²) in [5.41, 5.74) is 6.48. The molecule has 4 rings (SSSR count). The second kappa shape index (κ2) is 8.54. The Morgan fingerprint density at radius 2 is 1.94 bits per heavy atom. The van der Waals surface area contributed by atoms with Crippen molar-refractivity contribution in [3.8, 4) is 5.69 Å². The monoisotopic (exact) mass is 459 g/mol. The summed E-state index contributed by atoms with van der Waals surface area (Å²) in [6.07, 6.45) is 1.02. The van der Waals surface area contributed by atoms with Gasteiger partial charge in [0, 0.05) is 30.2 Å². The van der Waals surface area contributed by atoms with Crippen LogP contribution in [-0.2, 0) is 4.74 Å². The highest BCUT2D eigenvalue weighted by Gasteiger charge is 2.32. The highest BCUT2D eigenvalue weighted by atomic mass is 35.5. The molecule has 0 radical (unpaired) electrons. The van der Waals surface area contributed by atoms with Gasteiger partial charge in [0.05, 0.1) is 29.1 Å². The second-order valence-electron chi connectivity index (χ2n) is 7.54. The summed E-state index contributed by atoms with van der Waals surface area (Å²) in [6.45, 7) is 3.15. The van der Waals surface area contributed by atoms with Crippen molar-refractivity contribution in [3.05, 3.63) is 50.8 Å². The van der Waals surface area contributed by atoms with Crippen molar-refractivity contribution in [3.63, 3.8) is 0 Å². The number of imide groups is 1. The number of carbonyl (C=O) groups excluding carboxylic acids is 3. The Morgan fingerprint density at radius 1 is 1.22 bits per heavy atom. The molecule has 0 aliphatic carbocycles. The summed E-state index contributed by atoms with van der Waals surface area (Å²) < 4.78 is 6.21. The first-order valence-corrected chi connectivity index (χ1v) is 10.6. The summed E-state index contributed by atoms with van der Waals surface area (Å²) in [6, 6.07) is 6.08. The molecule has 1 saturated heterocycles. The summed E-state index contributed by atoms with van der Waals surface area (Å²) in [4.78, 5) is 50.5. The molecule has 2 aliphatic heterocycles. The standard InChI is InChI=1S/C21H22ClN5O5/c1-2-32-21(31)26-7-5-12(6-8-26)24-14-4-3-11(22)9-15(14)27-16(28)10-13-17(18(27)23)20(30)25-19(13)29/h3-4,9-10,12,24H,2,5-8,23H2,1H3,(H,25,29,30). The Balaban J connectivity index is 1.65. The van der Waals surface area contributed by atoms with Gasteiger partial charge in [0.25, 0.3) is 17.4 Å². The fourth-order valence-corrected chi connectivity index (χ4v) is 4.15. The van der Waals surface area contributed by atoms with E-state index in [1.165, 1.54) is 4.57 Å². The Bertz CT molecular complexity index is 1170. The van der Waals surface area contributed by atoms with Gasteiger partial charge in [-0.15, -0.1) is 0 Å². The summed E-state index contributed by atoms with van der Waals surface area (Å²) in [7, 11) is 0. The minimum atomic E-state index is -0.654. The topological polar surface area (TPSA) is 136 Å². The Labute approximate surface area is 188 Å². The number of amides is 3. The zero-order valence-corrected chi connectivity index (χ0v) is 18.1. The van der Waals surface area contributed by atoms with E-state index >= 15 is 0 Å². The number of nitrogens with one attached hydrogen (secondary N) is 2. The van der Waals surface area contributed by atoms with Gasteiger partial charge >= 0.3 is 6.09 Å². The average Bonchev–Trinajstić information content (AvgIpc) is 3.04. The number of benzene rings is 1. The molecule has 32 heavy (non-hydrogen) atoms. The van der Waals surface area contributed by atoms with Crippen LogP contribution in [0.1, 0.15) is 40.5 Å². The smallest absolute Gasteiger partial charge is 0.409 e. The van der Waals surface area contributed by atoms with Gasteiger partial charge in [0.2, 0.25) is 0 Å². The molecule has 11 heteroatoms. The van der Waals surface area contributed by atoms with Crippen LogP contribution >= 0.6 is 11.6 Å². The van der Waals surface area contributed by atoms with E-state index in [0.717, 1.165) is 6.07 Å². The molecule has 3 amide bonds. The summed E-state index contributed by atoms with van der Waals surface area (Å²) in [5, 5.41) is 5.91. The third-order valence-electron chi connectivity index (χ3n) is 5.53. The van der Waals surface area contributed by atoms with Crippen LogP contribution in [0.25, 0.3) is 5.69 Å². The molecular weight excluding hydrogens is 438 g/mol. The number of ether oxygens (including phenoxy) is 1. The molecule has 1 aromatic carbocycles.